The Morgan fingerprint density at radius 1 is 1.04 bits per heavy atom. The zero-order valence-electron chi connectivity index (χ0n) is 13.7. The molecule has 1 aromatic carbocycles. The second-order valence-corrected chi connectivity index (χ2v) is 6.22. The van der Waals surface area contributed by atoms with E-state index >= 15 is 0 Å². The molecule has 3 rings (SSSR count). The molecule has 1 aliphatic rings. The molecule has 128 valence electrons. The van der Waals surface area contributed by atoms with Gasteiger partial charge in [-0.15, -0.1) is 0 Å². The van der Waals surface area contributed by atoms with Crippen LogP contribution in [0.1, 0.15) is 53.0 Å². The number of nitriles is 1. The normalized spacial score (nSPS) is 15.8. The Hall–Kier alpha value is -3.07. The monoisotopic (exact) mass is 337 g/mol. The molecule has 6 nitrogen and oxygen atoms in total. The van der Waals surface area contributed by atoms with Gasteiger partial charge in [-0.05, 0) is 49.2 Å². The van der Waals surface area contributed by atoms with Crippen LogP contribution in [0, 0.1) is 11.3 Å². The molecule has 1 heterocycles. The molecule has 0 radical (unpaired) electrons. The highest BCUT2D eigenvalue weighted by atomic mass is 16.3. The first-order chi connectivity index (χ1) is 12.1. The number of hydrogen-bond donors (Lipinski definition) is 2. The highest BCUT2D eigenvalue weighted by Crippen LogP contribution is 2.28. The van der Waals surface area contributed by atoms with Crippen molar-refractivity contribution in [1.82, 2.24) is 5.32 Å². The summed E-state index contributed by atoms with van der Waals surface area (Å²) in [5.41, 5.74) is 0.253. The SMILES string of the molecule is N#CC1(NC(=O)c2ccc(NC(=O)c3ccco3)cc2)CCCCC1. The van der Waals surface area contributed by atoms with Crippen molar-refractivity contribution >= 4 is 17.5 Å². The highest BCUT2D eigenvalue weighted by Gasteiger charge is 2.33. The molecule has 25 heavy (non-hydrogen) atoms. The lowest BCUT2D eigenvalue weighted by Gasteiger charge is -2.31. The topological polar surface area (TPSA) is 95.1 Å². The molecule has 2 amide bonds. The van der Waals surface area contributed by atoms with E-state index in [1.807, 2.05) is 0 Å². The van der Waals surface area contributed by atoms with Gasteiger partial charge in [-0.1, -0.05) is 19.3 Å². The number of benzene rings is 1. The number of furan rings is 1. The fourth-order valence-electron chi connectivity index (χ4n) is 3.01. The molecule has 1 aromatic heterocycles. The standard InChI is InChI=1S/C19H19N3O3/c20-13-19(10-2-1-3-11-19)22-17(23)14-6-8-15(9-7-14)21-18(24)16-5-4-12-25-16/h4-9,12H,1-3,10-11H2,(H,21,24)(H,22,23). The molecule has 2 N–H and O–H groups in total. The Balaban J connectivity index is 1.64. The molecule has 1 aliphatic carbocycles. The van der Waals surface area contributed by atoms with Crippen molar-refractivity contribution < 1.29 is 14.0 Å². The third kappa shape index (κ3) is 3.89. The molecular weight excluding hydrogens is 318 g/mol. The number of carbonyl (C=O) groups is 2. The summed E-state index contributed by atoms with van der Waals surface area (Å²) in [6.07, 6.45) is 5.80. The average molecular weight is 337 g/mol. The van der Waals surface area contributed by atoms with Crippen molar-refractivity contribution in [3.63, 3.8) is 0 Å². The number of nitrogens with one attached hydrogen (secondary N) is 2. The van der Waals surface area contributed by atoms with E-state index in [-0.39, 0.29) is 17.6 Å². The maximum atomic E-state index is 12.4. The van der Waals surface area contributed by atoms with Gasteiger partial charge in [-0.3, -0.25) is 9.59 Å². The minimum absolute atomic E-state index is 0.218. The van der Waals surface area contributed by atoms with Gasteiger partial charge in [0, 0.05) is 11.3 Å². The number of rotatable bonds is 4. The van der Waals surface area contributed by atoms with Crippen LogP contribution in [0.2, 0.25) is 0 Å². The first-order valence-electron chi connectivity index (χ1n) is 8.31. The van der Waals surface area contributed by atoms with Crippen LogP contribution < -0.4 is 10.6 Å². The van der Waals surface area contributed by atoms with Gasteiger partial charge in [0.2, 0.25) is 0 Å². The van der Waals surface area contributed by atoms with E-state index in [1.54, 1.807) is 36.4 Å². The van der Waals surface area contributed by atoms with E-state index in [2.05, 4.69) is 16.7 Å². The Bertz CT molecular complexity index is 782. The first-order valence-corrected chi connectivity index (χ1v) is 8.31. The van der Waals surface area contributed by atoms with Crippen LogP contribution >= 0.6 is 0 Å². The van der Waals surface area contributed by atoms with Gasteiger partial charge < -0.3 is 15.1 Å². The molecule has 0 aliphatic heterocycles. The van der Waals surface area contributed by atoms with Crippen molar-refractivity contribution in [2.75, 3.05) is 5.32 Å². The predicted molar refractivity (Wildman–Crippen MR) is 92.0 cm³/mol. The molecule has 0 saturated heterocycles. The van der Waals surface area contributed by atoms with Gasteiger partial charge in [-0.2, -0.15) is 5.26 Å². The molecule has 2 aromatic rings. The molecule has 6 heteroatoms. The summed E-state index contributed by atoms with van der Waals surface area (Å²) >= 11 is 0. The van der Waals surface area contributed by atoms with E-state index in [9.17, 15) is 14.9 Å². The molecule has 1 saturated carbocycles. The number of amides is 2. The third-order valence-corrected chi connectivity index (χ3v) is 4.42. The summed E-state index contributed by atoms with van der Waals surface area (Å²) in [6, 6.07) is 12.0. The maximum Gasteiger partial charge on any atom is 0.291 e. The second kappa shape index (κ2) is 7.22. The lowest BCUT2D eigenvalue weighted by atomic mass is 9.82. The van der Waals surface area contributed by atoms with Crippen LogP contribution in [0.15, 0.2) is 47.1 Å². The summed E-state index contributed by atoms with van der Waals surface area (Å²) in [6.45, 7) is 0. The van der Waals surface area contributed by atoms with Gasteiger partial charge >= 0.3 is 0 Å². The van der Waals surface area contributed by atoms with E-state index in [0.29, 0.717) is 24.1 Å². The molecule has 0 bridgehead atoms. The number of anilines is 1. The van der Waals surface area contributed by atoms with Gasteiger partial charge in [-0.25, -0.2) is 0 Å². The molecule has 1 fully saturated rings. The largest absolute Gasteiger partial charge is 0.459 e. The van der Waals surface area contributed by atoms with Crippen molar-refractivity contribution in [2.45, 2.75) is 37.6 Å². The van der Waals surface area contributed by atoms with Crippen molar-refractivity contribution in [3.05, 3.63) is 54.0 Å². The van der Waals surface area contributed by atoms with Crippen LogP contribution in [-0.4, -0.2) is 17.4 Å². The minimum Gasteiger partial charge on any atom is -0.459 e. The van der Waals surface area contributed by atoms with Crippen LogP contribution in [0.5, 0.6) is 0 Å². The zero-order valence-corrected chi connectivity index (χ0v) is 13.7. The fraction of sp³-hybridized carbons (Fsp3) is 0.316. The van der Waals surface area contributed by atoms with Crippen molar-refractivity contribution in [3.8, 4) is 6.07 Å². The summed E-state index contributed by atoms with van der Waals surface area (Å²) in [4.78, 5) is 24.4. The number of carbonyl (C=O) groups excluding carboxylic acids is 2. The minimum atomic E-state index is -0.762. The second-order valence-electron chi connectivity index (χ2n) is 6.22. The lowest BCUT2D eigenvalue weighted by molar-refractivity contribution is 0.0902. The van der Waals surface area contributed by atoms with Crippen molar-refractivity contribution in [1.29, 1.82) is 5.26 Å². The lowest BCUT2D eigenvalue weighted by Crippen LogP contribution is -2.48. The first kappa shape index (κ1) is 16.8. The Morgan fingerprint density at radius 2 is 1.76 bits per heavy atom. The van der Waals surface area contributed by atoms with E-state index < -0.39 is 5.54 Å². The maximum absolute atomic E-state index is 12.4. The smallest absolute Gasteiger partial charge is 0.291 e. The predicted octanol–water partition coefficient (Wildman–Crippen LogP) is 3.49. The zero-order chi connectivity index (χ0) is 17.7. The Morgan fingerprint density at radius 3 is 2.36 bits per heavy atom. The molecule has 0 spiro atoms. The Kier molecular flexibility index (Phi) is 4.85. The van der Waals surface area contributed by atoms with Gasteiger partial charge in [0.15, 0.2) is 5.76 Å². The van der Waals surface area contributed by atoms with E-state index in [0.717, 1.165) is 19.3 Å². The van der Waals surface area contributed by atoms with Crippen molar-refractivity contribution in [2.24, 2.45) is 0 Å². The summed E-state index contributed by atoms with van der Waals surface area (Å²) in [5.74, 6) is -0.407. The van der Waals surface area contributed by atoms with Crippen LogP contribution in [0.3, 0.4) is 0 Å². The summed E-state index contributed by atoms with van der Waals surface area (Å²) in [5, 5.41) is 15.0. The average Bonchev–Trinajstić information content (AvgIpc) is 3.18. The molecular formula is C19H19N3O3. The van der Waals surface area contributed by atoms with Gasteiger partial charge in [0.05, 0.1) is 12.3 Å². The van der Waals surface area contributed by atoms with Gasteiger partial charge in [0.1, 0.15) is 5.54 Å². The van der Waals surface area contributed by atoms with E-state index in [4.69, 9.17) is 4.42 Å². The third-order valence-electron chi connectivity index (χ3n) is 4.42. The van der Waals surface area contributed by atoms with Gasteiger partial charge in [0.25, 0.3) is 11.8 Å². The van der Waals surface area contributed by atoms with Crippen LogP contribution in [0.4, 0.5) is 5.69 Å². The number of nitrogens with zero attached hydrogens (tertiary/aromatic N) is 1. The summed E-state index contributed by atoms with van der Waals surface area (Å²) in [7, 11) is 0. The molecule has 0 atom stereocenters. The highest BCUT2D eigenvalue weighted by molar-refractivity contribution is 6.02. The summed E-state index contributed by atoms with van der Waals surface area (Å²) < 4.78 is 5.03. The van der Waals surface area contributed by atoms with Crippen LogP contribution in [0.25, 0.3) is 0 Å². The van der Waals surface area contributed by atoms with E-state index in [1.165, 1.54) is 6.26 Å². The molecule has 0 unspecified atom stereocenters. The Labute approximate surface area is 145 Å². The fourth-order valence-corrected chi connectivity index (χ4v) is 3.01. The van der Waals surface area contributed by atoms with Crippen LogP contribution in [-0.2, 0) is 0 Å². The quantitative estimate of drug-likeness (QED) is 0.893. The number of hydrogen-bond acceptors (Lipinski definition) is 4.